The van der Waals surface area contributed by atoms with Gasteiger partial charge in [-0.3, -0.25) is 4.79 Å². The normalized spacial score (nSPS) is 17.2. The van der Waals surface area contributed by atoms with Crippen molar-refractivity contribution in [3.63, 3.8) is 0 Å². The topological polar surface area (TPSA) is 64.2 Å². The summed E-state index contributed by atoms with van der Waals surface area (Å²) in [4.78, 5) is 17.6. The maximum Gasteiger partial charge on any atom is 0.406 e. The molecule has 0 atom stereocenters. The summed E-state index contributed by atoms with van der Waals surface area (Å²) in [5.41, 5.74) is 5.77. The number of piperidine rings is 1. The molecule has 1 amide bonds. The number of amides is 1. The van der Waals surface area contributed by atoms with Gasteiger partial charge in [-0.1, -0.05) is 0 Å². The first-order valence-corrected chi connectivity index (χ1v) is 6.95. The molecule has 0 radical (unpaired) electrons. The maximum absolute atomic E-state index is 12.4. The second-order valence-corrected chi connectivity index (χ2v) is 5.30. The zero-order valence-corrected chi connectivity index (χ0v) is 11.6. The maximum atomic E-state index is 12.4. The van der Waals surface area contributed by atoms with Crippen LogP contribution in [0.5, 0.6) is 0 Å². The number of carbonyl (C=O) groups excluding carboxylic acids is 1. The summed E-state index contributed by atoms with van der Waals surface area (Å²) in [6.07, 6.45) is 0.249. The molecule has 8 heteroatoms. The minimum Gasteiger partial charge on any atom is -0.343 e. The van der Waals surface area contributed by atoms with Gasteiger partial charge in [0.2, 0.25) is 5.91 Å². The molecule has 2 N–H and O–H groups in total. The third-order valence-corrected chi connectivity index (χ3v) is 3.61. The van der Waals surface area contributed by atoms with Crippen molar-refractivity contribution in [3.8, 4) is 0 Å². The van der Waals surface area contributed by atoms with Gasteiger partial charge in [0, 0.05) is 44.4 Å². The highest BCUT2D eigenvalue weighted by atomic mass is 19.4. The van der Waals surface area contributed by atoms with E-state index in [1.54, 1.807) is 4.90 Å². The number of rotatable bonds is 4. The predicted octanol–water partition coefficient (Wildman–Crippen LogP) is 1.33. The zero-order valence-electron chi connectivity index (χ0n) is 11.6. The van der Waals surface area contributed by atoms with Crippen molar-refractivity contribution in [1.29, 1.82) is 0 Å². The zero-order chi connectivity index (χ0) is 15.5. The minimum absolute atomic E-state index is 0.0524. The summed E-state index contributed by atoms with van der Waals surface area (Å²) >= 11 is 0. The Hall–Kier alpha value is -1.57. The van der Waals surface area contributed by atoms with Crippen LogP contribution in [0, 0.1) is 0 Å². The number of likely N-dealkylation sites (tertiary alicyclic amines) is 1. The molecule has 0 bridgehead atoms. The third-order valence-electron chi connectivity index (χ3n) is 3.61. The number of hydrogen-bond acceptors (Lipinski definition) is 3. The highest BCUT2D eigenvalue weighted by Crippen LogP contribution is 2.19. The molecule has 0 saturated carbocycles. The van der Waals surface area contributed by atoms with Crippen molar-refractivity contribution in [2.24, 2.45) is 5.73 Å². The number of carbonyl (C=O) groups is 1. The molecule has 1 fully saturated rings. The molecule has 1 aliphatic heterocycles. The molecular weight excluding hydrogens is 285 g/mol. The summed E-state index contributed by atoms with van der Waals surface area (Å²) in [6.45, 7) is 0.170. The highest BCUT2D eigenvalue weighted by Gasteiger charge is 2.29. The lowest BCUT2D eigenvalue weighted by Gasteiger charge is -2.30. The van der Waals surface area contributed by atoms with Gasteiger partial charge in [-0.25, -0.2) is 4.98 Å². The average Bonchev–Trinajstić information content (AvgIpc) is 2.82. The third kappa shape index (κ3) is 4.73. The smallest absolute Gasteiger partial charge is 0.343 e. The Labute approximate surface area is 120 Å². The number of aryl methyl sites for hydroxylation is 1. The molecule has 1 aliphatic rings. The quantitative estimate of drug-likeness (QED) is 0.912. The van der Waals surface area contributed by atoms with Crippen molar-refractivity contribution >= 4 is 5.91 Å². The number of halogens is 3. The van der Waals surface area contributed by atoms with Gasteiger partial charge in [0.1, 0.15) is 12.4 Å². The van der Waals surface area contributed by atoms with Gasteiger partial charge in [0.25, 0.3) is 0 Å². The van der Waals surface area contributed by atoms with Crippen molar-refractivity contribution in [1.82, 2.24) is 14.5 Å². The van der Waals surface area contributed by atoms with Crippen LogP contribution in [0.2, 0.25) is 0 Å². The molecule has 1 aromatic heterocycles. The predicted molar refractivity (Wildman–Crippen MR) is 70.4 cm³/mol. The number of nitrogens with zero attached hydrogens (tertiary/aromatic N) is 3. The first-order valence-electron chi connectivity index (χ1n) is 6.95. The molecular formula is C13H19F3N4O. The van der Waals surface area contributed by atoms with Crippen molar-refractivity contribution in [3.05, 3.63) is 18.2 Å². The van der Waals surface area contributed by atoms with Gasteiger partial charge >= 0.3 is 6.18 Å². The van der Waals surface area contributed by atoms with E-state index in [4.69, 9.17) is 5.73 Å². The van der Waals surface area contributed by atoms with Crippen LogP contribution in [-0.4, -0.2) is 45.7 Å². The fourth-order valence-electron chi connectivity index (χ4n) is 2.43. The SMILES string of the molecule is NC1CCN(C(=O)CCc2nccn2CC(F)(F)F)CC1. The van der Waals surface area contributed by atoms with E-state index in [2.05, 4.69) is 4.98 Å². The Morgan fingerprint density at radius 1 is 1.38 bits per heavy atom. The summed E-state index contributed by atoms with van der Waals surface area (Å²) in [7, 11) is 0. The second-order valence-electron chi connectivity index (χ2n) is 5.30. The van der Waals surface area contributed by atoms with E-state index in [-0.39, 0.29) is 30.6 Å². The lowest BCUT2D eigenvalue weighted by Crippen LogP contribution is -2.42. The lowest BCUT2D eigenvalue weighted by molar-refractivity contribution is -0.141. The average molecular weight is 304 g/mol. The Balaban J connectivity index is 1.86. The fraction of sp³-hybridized carbons (Fsp3) is 0.692. The van der Waals surface area contributed by atoms with Crippen LogP contribution in [0.1, 0.15) is 25.1 Å². The van der Waals surface area contributed by atoms with E-state index >= 15 is 0 Å². The summed E-state index contributed by atoms with van der Waals surface area (Å²) in [6, 6.07) is 0.139. The monoisotopic (exact) mass is 304 g/mol. The van der Waals surface area contributed by atoms with Crippen molar-refractivity contribution in [2.45, 2.75) is 44.4 Å². The summed E-state index contributed by atoms with van der Waals surface area (Å²) < 4.78 is 38.2. The molecule has 1 aromatic rings. The van der Waals surface area contributed by atoms with E-state index in [0.717, 1.165) is 17.4 Å². The standard InChI is InChI=1S/C13H19F3N4O/c14-13(15,16)9-20-8-5-18-11(20)1-2-12(21)19-6-3-10(17)4-7-19/h5,8,10H,1-4,6-7,9,17H2. The minimum atomic E-state index is -4.29. The number of aromatic nitrogens is 2. The van der Waals surface area contributed by atoms with E-state index < -0.39 is 12.7 Å². The number of alkyl halides is 3. The van der Waals surface area contributed by atoms with E-state index in [0.29, 0.717) is 13.1 Å². The van der Waals surface area contributed by atoms with Crippen LogP contribution in [-0.2, 0) is 17.8 Å². The molecule has 21 heavy (non-hydrogen) atoms. The first-order chi connectivity index (χ1) is 9.85. The molecule has 1 saturated heterocycles. The fourth-order valence-corrected chi connectivity index (χ4v) is 2.43. The second kappa shape index (κ2) is 6.46. The molecule has 0 spiro atoms. The number of imidazole rings is 1. The van der Waals surface area contributed by atoms with Crippen molar-refractivity contribution in [2.75, 3.05) is 13.1 Å². The summed E-state index contributed by atoms with van der Waals surface area (Å²) in [5, 5.41) is 0. The van der Waals surface area contributed by atoms with E-state index in [9.17, 15) is 18.0 Å². The van der Waals surface area contributed by atoms with Crippen LogP contribution in [0.3, 0.4) is 0 Å². The molecule has 0 unspecified atom stereocenters. The van der Waals surface area contributed by atoms with Crippen LogP contribution < -0.4 is 5.73 Å². The van der Waals surface area contributed by atoms with Gasteiger partial charge in [-0.15, -0.1) is 0 Å². The highest BCUT2D eigenvalue weighted by molar-refractivity contribution is 5.76. The van der Waals surface area contributed by atoms with Crippen LogP contribution in [0.4, 0.5) is 13.2 Å². The Kier molecular flexibility index (Phi) is 4.87. The number of hydrogen-bond donors (Lipinski definition) is 1. The molecule has 0 aromatic carbocycles. The van der Waals surface area contributed by atoms with Crippen LogP contribution in [0.25, 0.3) is 0 Å². The van der Waals surface area contributed by atoms with Gasteiger partial charge in [0.15, 0.2) is 0 Å². The Morgan fingerprint density at radius 3 is 2.67 bits per heavy atom. The molecule has 5 nitrogen and oxygen atoms in total. The van der Waals surface area contributed by atoms with Crippen LogP contribution in [0.15, 0.2) is 12.4 Å². The lowest BCUT2D eigenvalue weighted by atomic mass is 10.1. The van der Waals surface area contributed by atoms with E-state index in [1.165, 1.54) is 12.4 Å². The molecule has 2 rings (SSSR count). The van der Waals surface area contributed by atoms with Gasteiger partial charge in [0.05, 0.1) is 0 Å². The first kappa shape index (κ1) is 15.8. The summed E-state index contributed by atoms with van der Waals surface area (Å²) in [5.74, 6) is 0.234. The van der Waals surface area contributed by atoms with Crippen molar-refractivity contribution < 1.29 is 18.0 Å². The van der Waals surface area contributed by atoms with Crippen LogP contribution >= 0.6 is 0 Å². The van der Waals surface area contributed by atoms with Gasteiger partial charge < -0.3 is 15.2 Å². The Bertz CT molecular complexity index is 478. The van der Waals surface area contributed by atoms with Gasteiger partial charge in [-0.2, -0.15) is 13.2 Å². The van der Waals surface area contributed by atoms with E-state index in [1.807, 2.05) is 0 Å². The molecule has 118 valence electrons. The largest absolute Gasteiger partial charge is 0.406 e. The number of nitrogens with two attached hydrogens (primary N) is 1. The molecule has 2 heterocycles. The van der Waals surface area contributed by atoms with Gasteiger partial charge in [-0.05, 0) is 12.8 Å². The molecule has 0 aliphatic carbocycles. The Morgan fingerprint density at radius 2 is 2.05 bits per heavy atom.